The second-order valence-electron chi connectivity index (χ2n) is 8.84. The Labute approximate surface area is 158 Å². The molecule has 4 rings (SSSR count). The highest BCUT2D eigenvalue weighted by atomic mass is 16.5. The van der Waals surface area contributed by atoms with Crippen molar-refractivity contribution >= 4 is 0 Å². The molecule has 2 fully saturated rings. The zero-order valence-corrected chi connectivity index (χ0v) is 16.5. The van der Waals surface area contributed by atoms with Crippen LogP contribution in [-0.2, 0) is 11.3 Å². The minimum absolute atomic E-state index is 0.00964. The fourth-order valence-electron chi connectivity index (χ4n) is 5.05. The van der Waals surface area contributed by atoms with E-state index in [1.54, 1.807) is 0 Å². The number of hydrogen-bond donors (Lipinski definition) is 0. The minimum atomic E-state index is -0.00964. The average Bonchev–Trinajstić information content (AvgIpc) is 2.78. The maximum Gasteiger partial charge on any atom is 0.124 e. The van der Waals surface area contributed by atoms with Gasteiger partial charge in [-0.15, -0.1) is 0 Å². The van der Waals surface area contributed by atoms with E-state index in [1.807, 2.05) is 0 Å². The summed E-state index contributed by atoms with van der Waals surface area (Å²) >= 11 is 0. The maximum absolute atomic E-state index is 6.75. The molecule has 1 saturated carbocycles. The Morgan fingerprint density at radius 3 is 2.58 bits per heavy atom. The number of nitrogens with zero attached hydrogens (tertiary/aromatic N) is 2. The van der Waals surface area contributed by atoms with Gasteiger partial charge in [0.05, 0.1) is 13.2 Å². The van der Waals surface area contributed by atoms with E-state index in [4.69, 9.17) is 9.47 Å². The number of rotatable bonds is 3. The lowest BCUT2D eigenvalue weighted by Gasteiger charge is -2.45. The molecule has 0 bridgehead atoms. The monoisotopic (exact) mass is 358 g/mol. The summed E-state index contributed by atoms with van der Waals surface area (Å²) in [4.78, 5) is 5.28. The summed E-state index contributed by atoms with van der Waals surface area (Å²) in [6, 6.07) is 9.38. The minimum Gasteiger partial charge on any atom is -0.486 e. The van der Waals surface area contributed by atoms with Crippen molar-refractivity contribution in [2.45, 2.75) is 57.7 Å². The van der Waals surface area contributed by atoms with Crippen LogP contribution in [0.2, 0.25) is 0 Å². The van der Waals surface area contributed by atoms with E-state index in [-0.39, 0.29) is 5.60 Å². The largest absolute Gasteiger partial charge is 0.486 e. The third kappa shape index (κ3) is 4.08. The van der Waals surface area contributed by atoms with Crippen molar-refractivity contribution in [1.29, 1.82) is 0 Å². The molecule has 0 aromatic heterocycles. The fourth-order valence-corrected chi connectivity index (χ4v) is 5.05. The van der Waals surface area contributed by atoms with Crippen LogP contribution in [0, 0.1) is 5.92 Å². The van der Waals surface area contributed by atoms with Crippen molar-refractivity contribution in [3.63, 3.8) is 0 Å². The molecule has 3 aliphatic rings. The maximum atomic E-state index is 6.75. The highest BCUT2D eigenvalue weighted by Gasteiger charge is 2.42. The van der Waals surface area contributed by atoms with E-state index in [0.717, 1.165) is 64.5 Å². The molecular weight excluding hydrogens is 324 g/mol. The Hall–Kier alpha value is -1.10. The van der Waals surface area contributed by atoms with Gasteiger partial charge in [-0.1, -0.05) is 32.0 Å². The van der Waals surface area contributed by atoms with E-state index in [0.29, 0.717) is 12.0 Å². The van der Waals surface area contributed by atoms with Crippen molar-refractivity contribution in [2.24, 2.45) is 5.92 Å². The Bertz CT molecular complexity index is 590. The number of hydrogen-bond acceptors (Lipinski definition) is 4. The summed E-state index contributed by atoms with van der Waals surface area (Å²) < 4.78 is 12.3. The van der Waals surface area contributed by atoms with Gasteiger partial charge in [-0.25, -0.2) is 0 Å². The summed E-state index contributed by atoms with van der Waals surface area (Å²) in [5.41, 5.74) is 1.34. The number of morpholine rings is 1. The molecule has 0 amide bonds. The number of benzene rings is 1. The van der Waals surface area contributed by atoms with Crippen LogP contribution < -0.4 is 4.74 Å². The molecule has 0 N–H and O–H groups in total. The number of fused-ring (bicyclic) bond motifs is 1. The van der Waals surface area contributed by atoms with Crippen LogP contribution in [0.25, 0.3) is 0 Å². The average molecular weight is 359 g/mol. The summed E-state index contributed by atoms with van der Waals surface area (Å²) in [5.74, 6) is 1.80. The van der Waals surface area contributed by atoms with Gasteiger partial charge in [0.25, 0.3) is 0 Å². The summed E-state index contributed by atoms with van der Waals surface area (Å²) in [6.07, 6.45) is 4.82. The lowest BCUT2D eigenvalue weighted by atomic mass is 9.80. The lowest BCUT2D eigenvalue weighted by molar-refractivity contribution is -0.0394. The van der Waals surface area contributed by atoms with Gasteiger partial charge in [-0.2, -0.15) is 0 Å². The molecule has 144 valence electrons. The smallest absolute Gasteiger partial charge is 0.124 e. The van der Waals surface area contributed by atoms with Gasteiger partial charge in [-0.05, 0) is 37.7 Å². The second-order valence-corrected chi connectivity index (χ2v) is 8.84. The zero-order chi connectivity index (χ0) is 18.0. The summed E-state index contributed by atoms with van der Waals surface area (Å²) in [5, 5.41) is 0. The molecule has 2 heterocycles. The highest BCUT2D eigenvalue weighted by molar-refractivity contribution is 5.35. The fraction of sp³-hybridized carbons (Fsp3) is 0.727. The third-order valence-electron chi connectivity index (χ3n) is 6.26. The molecule has 1 aromatic carbocycles. The third-order valence-corrected chi connectivity index (χ3v) is 6.26. The van der Waals surface area contributed by atoms with E-state index in [1.165, 1.54) is 18.4 Å². The topological polar surface area (TPSA) is 24.9 Å². The Morgan fingerprint density at radius 1 is 1.12 bits per heavy atom. The van der Waals surface area contributed by atoms with Crippen molar-refractivity contribution in [1.82, 2.24) is 9.80 Å². The Balaban J connectivity index is 1.49. The van der Waals surface area contributed by atoms with Crippen LogP contribution in [0.4, 0.5) is 0 Å². The molecule has 1 spiro atoms. The Kier molecular flexibility index (Phi) is 5.53. The molecular formula is C22H34N2O2. The van der Waals surface area contributed by atoms with Gasteiger partial charge in [0.1, 0.15) is 11.4 Å². The Morgan fingerprint density at radius 2 is 1.85 bits per heavy atom. The van der Waals surface area contributed by atoms with Crippen LogP contribution in [0.15, 0.2) is 24.3 Å². The van der Waals surface area contributed by atoms with Crippen LogP contribution in [0.1, 0.15) is 45.1 Å². The molecule has 0 radical (unpaired) electrons. The molecule has 4 nitrogen and oxygen atoms in total. The summed E-state index contributed by atoms with van der Waals surface area (Å²) in [7, 11) is 0. The standard InChI is InChI=1S/C22H34N2O2/c1-18(2)15-23-16-19-5-3-4-6-21(19)26-22(17-23)9-7-20(8-10-22)24-11-13-25-14-12-24/h3-6,18,20H,7-17H2,1-2H3. The van der Waals surface area contributed by atoms with Crippen LogP contribution >= 0.6 is 0 Å². The second kappa shape index (κ2) is 7.87. The van der Waals surface area contributed by atoms with E-state index in [9.17, 15) is 0 Å². The lowest BCUT2D eigenvalue weighted by Crippen LogP contribution is -2.53. The molecule has 1 saturated heterocycles. The first-order valence-corrected chi connectivity index (χ1v) is 10.4. The molecule has 1 aliphatic carbocycles. The first-order chi connectivity index (χ1) is 12.6. The first kappa shape index (κ1) is 18.3. The van der Waals surface area contributed by atoms with Crippen molar-refractivity contribution in [3.05, 3.63) is 29.8 Å². The van der Waals surface area contributed by atoms with Crippen LogP contribution in [0.5, 0.6) is 5.75 Å². The van der Waals surface area contributed by atoms with Crippen LogP contribution in [-0.4, -0.2) is 60.8 Å². The summed E-state index contributed by atoms with van der Waals surface area (Å²) in [6.45, 7) is 11.9. The quantitative estimate of drug-likeness (QED) is 0.825. The van der Waals surface area contributed by atoms with E-state index >= 15 is 0 Å². The van der Waals surface area contributed by atoms with Gasteiger partial charge >= 0.3 is 0 Å². The molecule has 4 heteroatoms. The van der Waals surface area contributed by atoms with Crippen molar-refractivity contribution < 1.29 is 9.47 Å². The van der Waals surface area contributed by atoms with Gasteiger partial charge in [0, 0.05) is 44.3 Å². The van der Waals surface area contributed by atoms with Gasteiger partial charge in [0.2, 0.25) is 0 Å². The van der Waals surface area contributed by atoms with Crippen molar-refractivity contribution in [2.75, 3.05) is 39.4 Å². The number of para-hydroxylation sites is 1. The predicted octanol–water partition coefficient (Wildman–Crippen LogP) is 3.55. The molecule has 1 aromatic rings. The van der Waals surface area contributed by atoms with Crippen LogP contribution in [0.3, 0.4) is 0 Å². The molecule has 26 heavy (non-hydrogen) atoms. The van der Waals surface area contributed by atoms with Crippen molar-refractivity contribution in [3.8, 4) is 5.75 Å². The predicted molar refractivity (Wildman–Crippen MR) is 105 cm³/mol. The zero-order valence-electron chi connectivity index (χ0n) is 16.5. The molecule has 0 unspecified atom stereocenters. The van der Waals surface area contributed by atoms with Gasteiger partial charge in [-0.3, -0.25) is 9.80 Å². The van der Waals surface area contributed by atoms with Gasteiger partial charge < -0.3 is 9.47 Å². The van der Waals surface area contributed by atoms with E-state index < -0.39 is 0 Å². The van der Waals surface area contributed by atoms with E-state index in [2.05, 4.69) is 47.9 Å². The number of ether oxygens (including phenoxy) is 2. The molecule has 2 aliphatic heterocycles. The molecule has 0 atom stereocenters. The SMILES string of the molecule is CC(C)CN1Cc2ccccc2OC2(CCC(N3CCOCC3)CC2)C1. The first-order valence-electron chi connectivity index (χ1n) is 10.4. The normalized spacial score (nSPS) is 30.8. The highest BCUT2D eigenvalue weighted by Crippen LogP contribution is 2.39. The van der Waals surface area contributed by atoms with Gasteiger partial charge in [0.15, 0.2) is 0 Å².